The van der Waals surface area contributed by atoms with E-state index in [4.69, 9.17) is 10.4 Å². The summed E-state index contributed by atoms with van der Waals surface area (Å²) in [6.07, 6.45) is 1.42. The molecule has 0 amide bonds. The van der Waals surface area contributed by atoms with Gasteiger partial charge in [0.1, 0.15) is 11.4 Å². The van der Waals surface area contributed by atoms with Gasteiger partial charge in [0, 0.05) is 0 Å². The third kappa shape index (κ3) is 14.3. The number of benzene rings is 2. The third-order valence-corrected chi connectivity index (χ3v) is 4.53. The quantitative estimate of drug-likeness (QED) is 0.0978. The summed E-state index contributed by atoms with van der Waals surface area (Å²) in [5.74, 6) is 0.866. The van der Waals surface area contributed by atoms with Gasteiger partial charge in [0.05, 0.1) is 22.8 Å². The summed E-state index contributed by atoms with van der Waals surface area (Å²) < 4.78 is 0. The Morgan fingerprint density at radius 1 is 0.657 bits per heavy atom. The summed E-state index contributed by atoms with van der Waals surface area (Å²) in [5, 5.41) is 32.8. The first-order chi connectivity index (χ1) is 16.3. The first-order valence-corrected chi connectivity index (χ1v) is 11.4. The summed E-state index contributed by atoms with van der Waals surface area (Å²) >= 11 is 0. The Morgan fingerprint density at radius 2 is 0.971 bits per heavy atom. The van der Waals surface area contributed by atoms with Gasteiger partial charge in [-0.05, 0) is 62.8 Å². The van der Waals surface area contributed by atoms with Crippen molar-refractivity contribution in [3.05, 3.63) is 60.7 Å². The van der Waals surface area contributed by atoms with E-state index in [9.17, 15) is 0 Å². The molecular weight excluding hydrogens is 629 g/mol. The molecule has 35 heavy (non-hydrogen) atoms. The maximum Gasteiger partial charge on any atom is 2.00 e. The molecule has 0 aliphatic carbocycles. The normalized spacial score (nSPS) is 12.6. The van der Waals surface area contributed by atoms with Crippen LogP contribution in [0.25, 0.3) is 0 Å². The zero-order valence-corrected chi connectivity index (χ0v) is 27.2. The minimum absolute atomic E-state index is 0. The van der Waals surface area contributed by atoms with Gasteiger partial charge in [-0.15, -0.1) is 0 Å². The predicted molar refractivity (Wildman–Crippen MR) is 144 cm³/mol. The molecule has 0 unspecified atom stereocenters. The van der Waals surface area contributed by atoms with Crippen LogP contribution in [0.4, 0.5) is 11.4 Å². The molecule has 0 atom stereocenters. The molecule has 0 aromatic heterocycles. The Hall–Kier alpha value is -2.74. The number of rotatable bonds is 10. The molecule has 0 radical (unpaired) electrons. The summed E-state index contributed by atoms with van der Waals surface area (Å²) in [4.78, 5) is 0. The van der Waals surface area contributed by atoms with Gasteiger partial charge in [0.2, 0.25) is 0 Å². The predicted octanol–water partition coefficient (Wildman–Crippen LogP) is 6.70. The molecule has 8 nitrogen and oxygen atoms in total. The van der Waals surface area contributed by atoms with Gasteiger partial charge >= 0.3 is 27.7 Å². The van der Waals surface area contributed by atoms with E-state index in [0.29, 0.717) is 47.5 Å². The van der Waals surface area contributed by atoms with Crippen LogP contribution in [0.5, 0.6) is 0 Å². The first kappa shape index (κ1) is 32.3. The van der Waals surface area contributed by atoms with E-state index in [1.165, 1.54) is 0 Å². The average molecular weight is 667 g/mol. The van der Waals surface area contributed by atoms with E-state index in [1.807, 2.05) is 74.5 Å². The number of anilines is 2. The number of hydrogen-bond donors (Lipinski definition) is 4. The maximum atomic E-state index is 8.92. The van der Waals surface area contributed by atoms with Crippen LogP contribution in [0.2, 0.25) is 0 Å². The van der Waals surface area contributed by atoms with E-state index < -0.39 is 0 Å². The van der Waals surface area contributed by atoms with Crippen LogP contribution in [-0.2, 0) is 27.7 Å². The molecule has 0 saturated heterocycles. The van der Waals surface area contributed by atoms with Crippen LogP contribution >= 0.6 is 0 Å². The summed E-state index contributed by atoms with van der Waals surface area (Å²) in [6.45, 7) is 11.9. The molecule has 0 aliphatic heterocycles. The number of hydrazone groups is 2. The molecule has 0 heterocycles. The fraction of sp³-hybridized carbons (Fsp3) is 0.385. The monoisotopic (exact) mass is 668 g/mol. The summed E-state index contributed by atoms with van der Waals surface area (Å²) in [7, 11) is 0. The zero-order chi connectivity index (χ0) is 25.3. The molecule has 0 spiro atoms. The van der Waals surface area contributed by atoms with Crippen LogP contribution in [0.3, 0.4) is 0 Å². The Balaban J connectivity index is 0.000000642. The van der Waals surface area contributed by atoms with Crippen molar-refractivity contribution in [2.75, 3.05) is 10.9 Å². The molecule has 0 aliphatic rings. The second kappa shape index (κ2) is 18.6. The van der Waals surface area contributed by atoms with Crippen molar-refractivity contribution in [2.45, 2.75) is 54.4 Å². The molecule has 2 aromatic carbocycles. The van der Waals surface area contributed by atoms with Gasteiger partial charge < -0.3 is 10.4 Å². The minimum Gasteiger partial charge on any atom is -0.411 e. The Bertz CT molecular complexity index is 879. The standard InChI is InChI=1S/2C13H19N3O.Hg/c2*1-10(2)9-13(16-17)11(3)14-15-12-7-5-4-6-8-12;/h2*4-8,10,15,17H,9H2,1-3H3;/q;;+2/b2*14-11+,16-13+;. The fourth-order valence-electron chi connectivity index (χ4n) is 2.75. The van der Waals surface area contributed by atoms with Crippen LogP contribution in [0.1, 0.15) is 54.4 Å². The molecular formula is C26H38HgN6O2+2. The second-order valence-corrected chi connectivity index (χ2v) is 8.64. The molecule has 4 N–H and O–H groups in total. The van der Waals surface area contributed by atoms with Crippen LogP contribution in [-0.4, -0.2) is 33.3 Å². The van der Waals surface area contributed by atoms with Crippen molar-refractivity contribution >= 4 is 34.2 Å². The van der Waals surface area contributed by atoms with Gasteiger partial charge in [0.15, 0.2) is 0 Å². The van der Waals surface area contributed by atoms with Crippen molar-refractivity contribution in [2.24, 2.45) is 32.4 Å². The molecule has 9 heteroatoms. The number of nitrogens with zero attached hydrogens (tertiary/aromatic N) is 4. The second-order valence-electron chi connectivity index (χ2n) is 8.64. The number of para-hydroxylation sites is 2. The van der Waals surface area contributed by atoms with E-state index in [0.717, 1.165) is 11.4 Å². The topological polar surface area (TPSA) is 114 Å². The molecule has 184 valence electrons. The zero-order valence-electron chi connectivity index (χ0n) is 21.7. The van der Waals surface area contributed by atoms with Gasteiger partial charge in [-0.3, -0.25) is 10.9 Å². The van der Waals surface area contributed by atoms with E-state index >= 15 is 0 Å². The fourth-order valence-corrected chi connectivity index (χ4v) is 2.75. The molecule has 2 aromatic rings. The van der Waals surface area contributed by atoms with E-state index in [1.54, 1.807) is 0 Å². The maximum absolute atomic E-state index is 8.92. The largest absolute Gasteiger partial charge is 2.00 e. The Morgan fingerprint density at radius 3 is 1.23 bits per heavy atom. The average Bonchev–Trinajstić information content (AvgIpc) is 2.84. The molecule has 2 rings (SSSR count). The van der Waals surface area contributed by atoms with Gasteiger partial charge in [-0.1, -0.05) is 74.4 Å². The van der Waals surface area contributed by atoms with Crippen molar-refractivity contribution in [1.29, 1.82) is 0 Å². The number of oxime groups is 2. The van der Waals surface area contributed by atoms with Crippen molar-refractivity contribution in [3.8, 4) is 0 Å². The Labute approximate surface area is 229 Å². The van der Waals surface area contributed by atoms with Gasteiger partial charge in [0.25, 0.3) is 0 Å². The van der Waals surface area contributed by atoms with Gasteiger partial charge in [-0.2, -0.15) is 10.2 Å². The molecule has 0 saturated carbocycles. The van der Waals surface area contributed by atoms with Crippen molar-refractivity contribution in [3.63, 3.8) is 0 Å². The summed E-state index contributed by atoms with van der Waals surface area (Å²) in [6, 6.07) is 19.3. The van der Waals surface area contributed by atoms with E-state index in [-0.39, 0.29) is 27.7 Å². The molecule has 0 fully saturated rings. The van der Waals surface area contributed by atoms with Crippen molar-refractivity contribution < 1.29 is 38.1 Å². The number of nitrogens with one attached hydrogen (secondary N) is 2. The third-order valence-electron chi connectivity index (χ3n) is 4.53. The van der Waals surface area contributed by atoms with Crippen molar-refractivity contribution in [1.82, 2.24) is 0 Å². The minimum atomic E-state index is 0. The first-order valence-electron chi connectivity index (χ1n) is 11.4. The van der Waals surface area contributed by atoms with Crippen LogP contribution in [0.15, 0.2) is 81.2 Å². The summed E-state index contributed by atoms with van der Waals surface area (Å²) in [5.41, 5.74) is 10.3. The number of hydrogen-bond acceptors (Lipinski definition) is 8. The SMILES string of the molecule is CC(=N\Nc1ccccc1)/C(CC(C)C)=N/O.CC(=N\Nc1ccccc1)/C(CC(C)C)=N/O.[Hg+2]. The van der Waals surface area contributed by atoms with Crippen LogP contribution < -0.4 is 10.9 Å². The van der Waals surface area contributed by atoms with Gasteiger partial charge in [-0.25, -0.2) is 0 Å². The smallest absolute Gasteiger partial charge is 0.411 e. The van der Waals surface area contributed by atoms with E-state index in [2.05, 4.69) is 59.1 Å². The Kier molecular flexibility index (Phi) is 17.1. The van der Waals surface area contributed by atoms with Crippen LogP contribution in [0, 0.1) is 11.8 Å². The molecule has 0 bridgehead atoms.